The van der Waals surface area contributed by atoms with Crippen molar-refractivity contribution in [3.63, 3.8) is 0 Å². The summed E-state index contributed by atoms with van der Waals surface area (Å²) in [6.45, 7) is 0. The van der Waals surface area contributed by atoms with Crippen molar-refractivity contribution in [3.8, 4) is 11.5 Å². The van der Waals surface area contributed by atoms with E-state index in [0.717, 1.165) is 5.69 Å². The van der Waals surface area contributed by atoms with Crippen LogP contribution in [0.1, 0.15) is 10.5 Å². The summed E-state index contributed by atoms with van der Waals surface area (Å²) in [6.07, 6.45) is 1.56. The fourth-order valence-electron chi connectivity index (χ4n) is 2.46. The normalized spacial score (nSPS) is 10.2. The van der Waals surface area contributed by atoms with E-state index in [4.69, 9.17) is 21.1 Å². The first-order valence-corrected chi connectivity index (χ1v) is 8.49. The van der Waals surface area contributed by atoms with Gasteiger partial charge in [0, 0.05) is 23.6 Å². The number of ether oxygens (including phenoxy) is 2. The minimum atomic E-state index is -0.343. The maximum absolute atomic E-state index is 12.5. The Hall–Kier alpha value is -3.25. The molecule has 1 amide bonds. The number of para-hydroxylation sites is 1. The minimum Gasteiger partial charge on any atom is -0.493 e. The number of rotatable bonds is 6. The summed E-state index contributed by atoms with van der Waals surface area (Å²) in [5, 5.41) is 6.56. The van der Waals surface area contributed by atoms with Crippen LogP contribution in [0.4, 0.5) is 17.1 Å². The Morgan fingerprint density at radius 2 is 1.74 bits per heavy atom. The first-order chi connectivity index (χ1) is 13.1. The Morgan fingerprint density at radius 1 is 0.963 bits per heavy atom. The lowest BCUT2D eigenvalue weighted by atomic mass is 10.2. The summed E-state index contributed by atoms with van der Waals surface area (Å²) >= 11 is 6.16. The van der Waals surface area contributed by atoms with Crippen LogP contribution in [0.3, 0.4) is 0 Å². The molecule has 0 bridgehead atoms. The van der Waals surface area contributed by atoms with Gasteiger partial charge in [0.05, 0.1) is 24.9 Å². The number of nitrogens with one attached hydrogen (secondary N) is 2. The zero-order valence-corrected chi connectivity index (χ0v) is 15.6. The fraction of sp³-hybridized carbons (Fsp3) is 0.100. The molecular weight excluding hydrogens is 366 g/mol. The van der Waals surface area contributed by atoms with Gasteiger partial charge in [-0.2, -0.15) is 0 Å². The number of nitrogens with zero attached hydrogens (tertiary/aromatic N) is 1. The highest BCUT2D eigenvalue weighted by molar-refractivity contribution is 6.33. The Bertz CT molecular complexity index is 963. The van der Waals surface area contributed by atoms with Gasteiger partial charge < -0.3 is 20.1 Å². The molecule has 138 valence electrons. The van der Waals surface area contributed by atoms with Crippen molar-refractivity contribution >= 4 is 34.6 Å². The Kier molecular flexibility index (Phi) is 5.78. The lowest BCUT2D eigenvalue weighted by Crippen LogP contribution is -2.14. The fourth-order valence-corrected chi connectivity index (χ4v) is 2.64. The number of methoxy groups -OCH3 is 2. The number of carbonyl (C=O) groups excluding carboxylic acids is 1. The average Bonchev–Trinajstić information content (AvgIpc) is 2.70. The maximum Gasteiger partial charge on any atom is 0.274 e. The first kappa shape index (κ1) is 18.5. The van der Waals surface area contributed by atoms with E-state index in [-0.39, 0.29) is 11.6 Å². The van der Waals surface area contributed by atoms with Crippen molar-refractivity contribution in [3.05, 3.63) is 71.5 Å². The molecule has 0 radical (unpaired) electrons. The largest absolute Gasteiger partial charge is 0.493 e. The number of pyridine rings is 1. The van der Waals surface area contributed by atoms with Gasteiger partial charge in [0.15, 0.2) is 11.5 Å². The standard InChI is InChI=1S/C20H18ClN3O3/c1-26-18-8-7-13(12-19(18)27-2)24-20(25)17-11-14(9-10-22-17)23-16-6-4-3-5-15(16)21/h3-12H,1-2H3,(H,22,23)(H,24,25). The van der Waals surface area contributed by atoms with Crippen LogP contribution in [-0.2, 0) is 0 Å². The molecule has 2 aromatic carbocycles. The molecule has 0 aliphatic carbocycles. The summed E-state index contributed by atoms with van der Waals surface area (Å²) in [7, 11) is 3.09. The molecule has 3 rings (SSSR count). The number of benzene rings is 2. The maximum atomic E-state index is 12.5. The van der Waals surface area contributed by atoms with Crippen LogP contribution < -0.4 is 20.1 Å². The van der Waals surface area contributed by atoms with Crippen LogP contribution in [0.5, 0.6) is 11.5 Å². The van der Waals surface area contributed by atoms with Gasteiger partial charge in [0.25, 0.3) is 5.91 Å². The summed E-state index contributed by atoms with van der Waals surface area (Å²) in [4.78, 5) is 16.7. The molecule has 0 unspecified atom stereocenters. The molecule has 3 aromatic rings. The van der Waals surface area contributed by atoms with E-state index >= 15 is 0 Å². The van der Waals surface area contributed by atoms with Crippen molar-refractivity contribution in [2.75, 3.05) is 24.9 Å². The highest BCUT2D eigenvalue weighted by atomic mass is 35.5. The number of amides is 1. The second-order valence-corrected chi connectivity index (χ2v) is 5.97. The number of carbonyl (C=O) groups is 1. The van der Waals surface area contributed by atoms with E-state index in [2.05, 4.69) is 15.6 Å². The molecule has 0 saturated carbocycles. The first-order valence-electron chi connectivity index (χ1n) is 8.11. The van der Waals surface area contributed by atoms with Crippen LogP contribution >= 0.6 is 11.6 Å². The topological polar surface area (TPSA) is 72.5 Å². The van der Waals surface area contributed by atoms with Gasteiger partial charge >= 0.3 is 0 Å². The molecule has 0 fully saturated rings. The van der Waals surface area contributed by atoms with E-state index in [0.29, 0.717) is 27.9 Å². The van der Waals surface area contributed by atoms with Gasteiger partial charge in [-0.25, -0.2) is 0 Å². The van der Waals surface area contributed by atoms with Crippen molar-refractivity contribution in [1.29, 1.82) is 0 Å². The number of aromatic nitrogens is 1. The van der Waals surface area contributed by atoms with E-state index in [9.17, 15) is 4.79 Å². The third-order valence-electron chi connectivity index (χ3n) is 3.79. The molecule has 0 spiro atoms. The van der Waals surface area contributed by atoms with Crippen LogP contribution in [-0.4, -0.2) is 25.1 Å². The Morgan fingerprint density at radius 3 is 2.48 bits per heavy atom. The molecule has 0 saturated heterocycles. The summed E-state index contributed by atoms with van der Waals surface area (Å²) < 4.78 is 10.4. The van der Waals surface area contributed by atoms with E-state index in [1.54, 1.807) is 49.7 Å². The molecule has 0 aliphatic heterocycles. The third kappa shape index (κ3) is 4.48. The second kappa shape index (κ2) is 8.42. The molecular formula is C20H18ClN3O3. The van der Waals surface area contributed by atoms with Crippen LogP contribution in [0.2, 0.25) is 5.02 Å². The van der Waals surface area contributed by atoms with Gasteiger partial charge in [-0.1, -0.05) is 23.7 Å². The van der Waals surface area contributed by atoms with Gasteiger partial charge in [-0.3, -0.25) is 9.78 Å². The van der Waals surface area contributed by atoms with Crippen molar-refractivity contribution < 1.29 is 14.3 Å². The van der Waals surface area contributed by atoms with Crippen LogP contribution in [0.15, 0.2) is 60.8 Å². The minimum absolute atomic E-state index is 0.266. The van der Waals surface area contributed by atoms with Crippen LogP contribution in [0.25, 0.3) is 0 Å². The molecule has 1 aromatic heterocycles. The van der Waals surface area contributed by atoms with Gasteiger partial charge in [0.2, 0.25) is 0 Å². The highest BCUT2D eigenvalue weighted by Gasteiger charge is 2.11. The third-order valence-corrected chi connectivity index (χ3v) is 4.12. The predicted octanol–water partition coefficient (Wildman–Crippen LogP) is 4.75. The molecule has 0 aliphatic rings. The zero-order chi connectivity index (χ0) is 19.2. The second-order valence-electron chi connectivity index (χ2n) is 5.56. The molecule has 7 heteroatoms. The zero-order valence-electron chi connectivity index (χ0n) is 14.8. The predicted molar refractivity (Wildman–Crippen MR) is 106 cm³/mol. The summed E-state index contributed by atoms with van der Waals surface area (Å²) in [6, 6.07) is 15.9. The molecule has 1 heterocycles. The molecule has 6 nitrogen and oxygen atoms in total. The molecule has 27 heavy (non-hydrogen) atoms. The van der Waals surface area contributed by atoms with E-state index < -0.39 is 0 Å². The quantitative estimate of drug-likeness (QED) is 0.642. The van der Waals surface area contributed by atoms with Crippen molar-refractivity contribution in [1.82, 2.24) is 4.98 Å². The number of hydrogen-bond acceptors (Lipinski definition) is 5. The van der Waals surface area contributed by atoms with E-state index in [1.807, 2.05) is 18.2 Å². The average molecular weight is 384 g/mol. The number of halogens is 1. The SMILES string of the molecule is COc1ccc(NC(=O)c2cc(Nc3ccccc3Cl)ccn2)cc1OC. The monoisotopic (exact) mass is 383 g/mol. The highest BCUT2D eigenvalue weighted by Crippen LogP contribution is 2.30. The molecule has 0 atom stereocenters. The van der Waals surface area contributed by atoms with E-state index in [1.165, 1.54) is 7.11 Å². The van der Waals surface area contributed by atoms with Crippen molar-refractivity contribution in [2.24, 2.45) is 0 Å². The summed E-state index contributed by atoms with van der Waals surface area (Å²) in [5.74, 6) is 0.766. The lowest BCUT2D eigenvalue weighted by molar-refractivity contribution is 0.102. The smallest absolute Gasteiger partial charge is 0.274 e. The Balaban J connectivity index is 1.77. The summed E-state index contributed by atoms with van der Waals surface area (Å²) in [5.41, 5.74) is 2.29. The van der Waals surface area contributed by atoms with Gasteiger partial charge in [0.1, 0.15) is 5.69 Å². The van der Waals surface area contributed by atoms with Crippen molar-refractivity contribution in [2.45, 2.75) is 0 Å². The lowest BCUT2D eigenvalue weighted by Gasteiger charge is -2.11. The van der Waals surface area contributed by atoms with Gasteiger partial charge in [-0.05, 0) is 36.4 Å². The Labute approximate surface area is 162 Å². The number of anilines is 3. The van der Waals surface area contributed by atoms with Crippen LogP contribution in [0, 0.1) is 0 Å². The number of hydrogen-bond donors (Lipinski definition) is 2. The molecule has 2 N–H and O–H groups in total. The van der Waals surface area contributed by atoms with Gasteiger partial charge in [-0.15, -0.1) is 0 Å².